The van der Waals surface area contributed by atoms with Gasteiger partial charge in [0.2, 0.25) is 0 Å². The molecule has 1 fully saturated rings. The molecule has 5 rings (SSSR count). The molecule has 0 saturated carbocycles. The van der Waals surface area contributed by atoms with E-state index in [2.05, 4.69) is 76.3 Å². The van der Waals surface area contributed by atoms with Crippen molar-refractivity contribution in [3.8, 4) is 11.5 Å². The van der Waals surface area contributed by atoms with Crippen LogP contribution in [0.2, 0.25) is 5.31 Å². The predicted molar refractivity (Wildman–Crippen MR) is 148 cm³/mol. The molecule has 0 aliphatic carbocycles. The van der Waals surface area contributed by atoms with Crippen LogP contribution in [0.1, 0.15) is 81.4 Å². The number of ketones is 1. The summed E-state index contributed by atoms with van der Waals surface area (Å²) in [7, 11) is 1.91. The van der Waals surface area contributed by atoms with Gasteiger partial charge in [0.15, 0.2) is 5.78 Å². The SMILES string of the molecule is CCCC(=O)c1ccccc1C1(C)c2ccc(NC)cc2Oc2cc(B3OC(C)(C)C3(C)C)ccc21. The van der Waals surface area contributed by atoms with Crippen LogP contribution >= 0.6 is 0 Å². The highest BCUT2D eigenvalue weighted by atomic mass is 16.5. The number of benzene rings is 3. The maximum Gasteiger partial charge on any atom is 0.335 e. The van der Waals surface area contributed by atoms with Crippen molar-refractivity contribution >= 4 is 23.8 Å². The Labute approximate surface area is 215 Å². The lowest BCUT2D eigenvalue weighted by Gasteiger charge is -2.57. The molecule has 3 aromatic rings. The van der Waals surface area contributed by atoms with Crippen LogP contribution < -0.4 is 15.5 Å². The van der Waals surface area contributed by atoms with Gasteiger partial charge in [-0.1, -0.05) is 63.2 Å². The standard InChI is InChI=1S/C31H36BNO3/c1-8-11-26(34)22-12-9-10-13-23(22)31(6)24-16-14-20(32-29(2,3)30(4,5)36-32)18-27(24)35-28-19-21(33-7)15-17-25(28)31/h9-10,12-19,33H,8,11H2,1-7H3. The minimum atomic E-state index is -0.553. The lowest BCUT2D eigenvalue weighted by molar-refractivity contribution is -0.00941. The third-order valence-corrected chi connectivity index (χ3v) is 8.74. The van der Waals surface area contributed by atoms with Crippen LogP contribution in [0, 0.1) is 0 Å². The highest BCUT2D eigenvalue weighted by Crippen LogP contribution is 2.55. The Kier molecular flexibility index (Phi) is 5.83. The Bertz CT molecular complexity index is 1350. The fraction of sp³-hybridized carbons (Fsp3) is 0.387. The number of hydrogen-bond acceptors (Lipinski definition) is 4. The highest BCUT2D eigenvalue weighted by molar-refractivity contribution is 6.73. The lowest BCUT2D eigenvalue weighted by Crippen LogP contribution is -2.66. The van der Waals surface area contributed by atoms with E-state index >= 15 is 0 Å². The van der Waals surface area contributed by atoms with Gasteiger partial charge in [0.1, 0.15) is 11.5 Å². The van der Waals surface area contributed by atoms with Crippen molar-refractivity contribution in [2.24, 2.45) is 0 Å². The van der Waals surface area contributed by atoms with E-state index < -0.39 is 5.41 Å². The monoisotopic (exact) mass is 481 g/mol. The summed E-state index contributed by atoms with van der Waals surface area (Å²) in [5, 5.41) is 3.22. The third kappa shape index (κ3) is 3.51. The maximum absolute atomic E-state index is 13.2. The van der Waals surface area contributed by atoms with Gasteiger partial charge >= 0.3 is 6.92 Å². The molecule has 0 aromatic heterocycles. The van der Waals surface area contributed by atoms with Crippen LogP contribution in [0.25, 0.3) is 0 Å². The summed E-state index contributed by atoms with van der Waals surface area (Å²) in [6.07, 6.45) is 1.35. The van der Waals surface area contributed by atoms with E-state index in [1.54, 1.807) is 0 Å². The Morgan fingerprint density at radius 3 is 2.19 bits per heavy atom. The molecule has 1 unspecified atom stereocenters. The number of hydrogen-bond donors (Lipinski definition) is 1. The zero-order chi connectivity index (χ0) is 25.9. The number of rotatable bonds is 6. The summed E-state index contributed by atoms with van der Waals surface area (Å²) in [5.41, 5.74) is 5.27. The Hall–Kier alpha value is -3.05. The summed E-state index contributed by atoms with van der Waals surface area (Å²) in [4.78, 5) is 13.2. The number of carbonyl (C=O) groups excluding carboxylic acids is 1. The molecule has 1 saturated heterocycles. The molecule has 2 aliphatic heterocycles. The number of carbonyl (C=O) groups is 1. The molecule has 0 bridgehead atoms. The molecule has 1 N–H and O–H groups in total. The average Bonchev–Trinajstić information content (AvgIpc) is 2.86. The van der Waals surface area contributed by atoms with Gasteiger partial charge in [-0.25, -0.2) is 0 Å². The van der Waals surface area contributed by atoms with Crippen molar-refractivity contribution < 1.29 is 14.2 Å². The molecule has 186 valence electrons. The Morgan fingerprint density at radius 1 is 0.889 bits per heavy atom. The number of Topliss-reactive ketones (excluding diaryl/α,β-unsaturated/α-hetero) is 1. The normalized spacial score (nSPS) is 21.0. The molecular weight excluding hydrogens is 445 g/mol. The first-order chi connectivity index (χ1) is 17.0. The number of ether oxygens (including phenoxy) is 1. The van der Waals surface area contributed by atoms with Crippen LogP contribution in [0.4, 0.5) is 5.69 Å². The molecule has 2 aliphatic rings. The quantitative estimate of drug-likeness (QED) is 0.306. The molecule has 36 heavy (non-hydrogen) atoms. The molecule has 4 nitrogen and oxygen atoms in total. The Morgan fingerprint density at radius 2 is 1.56 bits per heavy atom. The Balaban J connectivity index is 1.71. The van der Waals surface area contributed by atoms with Gasteiger partial charge in [0, 0.05) is 52.8 Å². The second kappa shape index (κ2) is 8.52. The summed E-state index contributed by atoms with van der Waals surface area (Å²) < 4.78 is 12.9. The van der Waals surface area contributed by atoms with Crippen LogP contribution in [-0.2, 0) is 10.1 Å². The molecule has 5 heteroatoms. The molecule has 1 atom stereocenters. The predicted octanol–water partition coefficient (Wildman–Crippen LogP) is 6.96. The topological polar surface area (TPSA) is 47.6 Å². The van der Waals surface area contributed by atoms with E-state index in [4.69, 9.17) is 9.39 Å². The van der Waals surface area contributed by atoms with E-state index in [1.807, 2.05) is 38.2 Å². The lowest BCUT2D eigenvalue weighted by atomic mass is 9.33. The zero-order valence-corrected chi connectivity index (χ0v) is 22.5. The zero-order valence-electron chi connectivity index (χ0n) is 22.5. The van der Waals surface area contributed by atoms with Crippen molar-refractivity contribution in [1.82, 2.24) is 0 Å². The smallest absolute Gasteiger partial charge is 0.335 e. The van der Waals surface area contributed by atoms with Gasteiger partial charge in [-0.15, -0.1) is 0 Å². The largest absolute Gasteiger partial charge is 0.457 e. The van der Waals surface area contributed by atoms with E-state index in [0.717, 1.165) is 51.3 Å². The van der Waals surface area contributed by atoms with Crippen molar-refractivity contribution in [2.45, 2.75) is 70.7 Å². The van der Waals surface area contributed by atoms with E-state index in [1.165, 1.54) is 0 Å². The second-order valence-electron chi connectivity index (χ2n) is 11.4. The first-order valence-electron chi connectivity index (χ1n) is 13.0. The fourth-order valence-corrected chi connectivity index (χ4v) is 5.79. The van der Waals surface area contributed by atoms with E-state index in [-0.39, 0.29) is 23.6 Å². The summed E-state index contributed by atoms with van der Waals surface area (Å²) in [6.45, 7) is 13.1. The van der Waals surface area contributed by atoms with Crippen LogP contribution in [0.15, 0.2) is 60.7 Å². The molecule has 0 spiro atoms. The van der Waals surface area contributed by atoms with E-state index in [9.17, 15) is 4.79 Å². The highest BCUT2D eigenvalue weighted by Gasteiger charge is 2.59. The third-order valence-electron chi connectivity index (χ3n) is 8.74. The van der Waals surface area contributed by atoms with Gasteiger partial charge in [0.05, 0.1) is 5.41 Å². The van der Waals surface area contributed by atoms with Crippen molar-refractivity contribution in [3.63, 3.8) is 0 Å². The number of anilines is 1. The van der Waals surface area contributed by atoms with Gasteiger partial charge in [-0.2, -0.15) is 0 Å². The number of nitrogens with one attached hydrogen (secondary N) is 1. The molecule has 3 aromatic carbocycles. The molecule has 0 amide bonds. The summed E-state index contributed by atoms with van der Waals surface area (Å²) >= 11 is 0. The van der Waals surface area contributed by atoms with Crippen molar-refractivity contribution in [2.75, 3.05) is 12.4 Å². The van der Waals surface area contributed by atoms with Crippen molar-refractivity contribution in [3.05, 3.63) is 82.9 Å². The second-order valence-corrected chi connectivity index (χ2v) is 11.4. The molecular formula is C31H36BNO3. The van der Waals surface area contributed by atoms with E-state index in [0.29, 0.717) is 6.42 Å². The maximum atomic E-state index is 13.2. The van der Waals surface area contributed by atoms with Crippen LogP contribution in [0.5, 0.6) is 11.5 Å². The summed E-state index contributed by atoms with van der Waals surface area (Å²) in [6, 6.07) is 20.8. The first kappa shape index (κ1) is 24.6. The van der Waals surface area contributed by atoms with Crippen molar-refractivity contribution in [1.29, 1.82) is 0 Å². The minimum Gasteiger partial charge on any atom is -0.457 e. The first-order valence-corrected chi connectivity index (χ1v) is 13.0. The number of fused-ring (bicyclic) bond motifs is 2. The minimum absolute atomic E-state index is 0.00360. The van der Waals surface area contributed by atoms with Crippen LogP contribution in [-0.4, -0.2) is 25.3 Å². The van der Waals surface area contributed by atoms with Gasteiger partial charge in [-0.3, -0.25) is 4.79 Å². The van der Waals surface area contributed by atoms with Gasteiger partial charge in [-0.05, 0) is 50.4 Å². The van der Waals surface area contributed by atoms with Gasteiger partial charge < -0.3 is 14.7 Å². The summed E-state index contributed by atoms with van der Waals surface area (Å²) in [5.74, 6) is 1.80. The van der Waals surface area contributed by atoms with Crippen LogP contribution in [0.3, 0.4) is 0 Å². The fourth-order valence-electron chi connectivity index (χ4n) is 5.79. The van der Waals surface area contributed by atoms with Gasteiger partial charge in [0.25, 0.3) is 0 Å². The average molecular weight is 481 g/mol. The molecule has 0 radical (unpaired) electrons. The molecule has 2 heterocycles.